The summed E-state index contributed by atoms with van der Waals surface area (Å²) >= 11 is 0. The molecule has 2 aromatic rings. The summed E-state index contributed by atoms with van der Waals surface area (Å²) < 4.78 is 2.35. The van der Waals surface area contributed by atoms with Crippen LogP contribution in [0.3, 0.4) is 0 Å². The van der Waals surface area contributed by atoms with E-state index < -0.39 is 0 Å². The second-order valence-corrected chi connectivity index (χ2v) is 5.20. The number of rotatable bonds is 2. The van der Waals surface area contributed by atoms with Crippen molar-refractivity contribution < 1.29 is 5.11 Å². The third-order valence-electron chi connectivity index (χ3n) is 4.01. The van der Waals surface area contributed by atoms with Crippen molar-refractivity contribution in [2.75, 3.05) is 6.61 Å². The second kappa shape index (κ2) is 4.53. The van der Waals surface area contributed by atoms with Crippen LogP contribution in [0.25, 0.3) is 10.8 Å². The number of aromatic nitrogens is 1. The molecule has 0 unspecified atom stereocenters. The van der Waals surface area contributed by atoms with Crippen LogP contribution in [0.4, 0.5) is 0 Å². The molecule has 1 saturated carbocycles. The number of benzene rings is 1. The van der Waals surface area contributed by atoms with E-state index in [0.717, 1.165) is 6.42 Å². The summed E-state index contributed by atoms with van der Waals surface area (Å²) in [7, 11) is 0. The normalized spacial score (nSPS) is 25.2. The van der Waals surface area contributed by atoms with Gasteiger partial charge in [-0.3, -0.25) is 0 Å². The van der Waals surface area contributed by atoms with E-state index in [1.807, 2.05) is 0 Å². The molecule has 90 valence electrons. The highest BCUT2D eigenvalue weighted by molar-refractivity contribution is 5.82. The highest BCUT2D eigenvalue weighted by atomic mass is 16.3. The SMILES string of the molecule is OC[C@H]1CCC[C@H](n2cc3ccccc3c2)C1. The van der Waals surface area contributed by atoms with E-state index in [1.54, 1.807) is 0 Å². The number of aliphatic hydroxyl groups excluding tert-OH is 1. The van der Waals surface area contributed by atoms with E-state index in [2.05, 4.69) is 41.2 Å². The van der Waals surface area contributed by atoms with Crippen molar-refractivity contribution in [1.82, 2.24) is 4.57 Å². The largest absolute Gasteiger partial charge is 0.396 e. The summed E-state index contributed by atoms with van der Waals surface area (Å²) in [5.74, 6) is 0.499. The Balaban J connectivity index is 1.87. The summed E-state index contributed by atoms with van der Waals surface area (Å²) in [6.45, 7) is 0.345. The molecular formula is C15H19NO. The zero-order valence-corrected chi connectivity index (χ0v) is 10.0. The van der Waals surface area contributed by atoms with Crippen LogP contribution in [0.15, 0.2) is 36.7 Å². The van der Waals surface area contributed by atoms with Crippen molar-refractivity contribution in [3.63, 3.8) is 0 Å². The van der Waals surface area contributed by atoms with Gasteiger partial charge in [0.25, 0.3) is 0 Å². The van der Waals surface area contributed by atoms with Gasteiger partial charge in [-0.2, -0.15) is 0 Å². The van der Waals surface area contributed by atoms with Gasteiger partial charge in [-0.15, -0.1) is 0 Å². The number of hydrogen-bond donors (Lipinski definition) is 1. The van der Waals surface area contributed by atoms with E-state index in [9.17, 15) is 5.11 Å². The molecule has 0 aliphatic heterocycles. The first kappa shape index (κ1) is 10.8. The predicted octanol–water partition coefficient (Wildman–Crippen LogP) is 3.36. The molecule has 0 bridgehead atoms. The van der Waals surface area contributed by atoms with Crippen LogP contribution < -0.4 is 0 Å². The molecule has 0 saturated heterocycles. The van der Waals surface area contributed by atoms with Crippen molar-refractivity contribution in [2.45, 2.75) is 31.7 Å². The van der Waals surface area contributed by atoms with Gasteiger partial charge < -0.3 is 9.67 Å². The molecule has 1 heterocycles. The molecule has 1 aromatic heterocycles. The average Bonchev–Trinajstić information content (AvgIpc) is 2.82. The Labute approximate surface area is 102 Å². The van der Waals surface area contributed by atoms with Crippen LogP contribution in [0.1, 0.15) is 31.7 Å². The minimum Gasteiger partial charge on any atom is -0.396 e. The molecule has 2 nitrogen and oxygen atoms in total. The third kappa shape index (κ3) is 2.09. The summed E-state index contributed by atoms with van der Waals surface area (Å²) in [6.07, 6.45) is 9.30. The molecule has 1 N–H and O–H groups in total. The Morgan fingerprint density at radius 1 is 1.12 bits per heavy atom. The van der Waals surface area contributed by atoms with Crippen LogP contribution in [0.5, 0.6) is 0 Å². The molecular weight excluding hydrogens is 210 g/mol. The van der Waals surface area contributed by atoms with Gasteiger partial charge in [-0.1, -0.05) is 30.7 Å². The fourth-order valence-electron chi connectivity index (χ4n) is 3.01. The lowest BCUT2D eigenvalue weighted by Crippen LogP contribution is -2.20. The van der Waals surface area contributed by atoms with E-state index >= 15 is 0 Å². The Morgan fingerprint density at radius 2 is 1.82 bits per heavy atom. The molecule has 1 fully saturated rings. The van der Waals surface area contributed by atoms with Crippen molar-refractivity contribution in [3.05, 3.63) is 36.7 Å². The van der Waals surface area contributed by atoms with E-state index in [1.165, 1.54) is 30.0 Å². The van der Waals surface area contributed by atoms with Crippen LogP contribution in [0, 0.1) is 5.92 Å². The van der Waals surface area contributed by atoms with Gasteiger partial charge in [-0.25, -0.2) is 0 Å². The highest BCUT2D eigenvalue weighted by Gasteiger charge is 2.22. The number of aliphatic hydroxyl groups is 1. The lowest BCUT2D eigenvalue weighted by molar-refractivity contribution is 0.163. The zero-order chi connectivity index (χ0) is 11.7. The Hall–Kier alpha value is -1.28. The van der Waals surface area contributed by atoms with Gasteiger partial charge in [0.05, 0.1) is 0 Å². The maximum Gasteiger partial charge on any atom is 0.0460 e. The topological polar surface area (TPSA) is 25.2 Å². The second-order valence-electron chi connectivity index (χ2n) is 5.20. The predicted molar refractivity (Wildman–Crippen MR) is 70.0 cm³/mol. The average molecular weight is 229 g/mol. The Kier molecular flexibility index (Phi) is 2.89. The van der Waals surface area contributed by atoms with E-state index in [4.69, 9.17) is 0 Å². The molecule has 2 heteroatoms. The molecule has 17 heavy (non-hydrogen) atoms. The first-order valence-electron chi connectivity index (χ1n) is 6.54. The molecule has 1 aliphatic rings. The van der Waals surface area contributed by atoms with Crippen molar-refractivity contribution in [1.29, 1.82) is 0 Å². The van der Waals surface area contributed by atoms with Crippen molar-refractivity contribution in [3.8, 4) is 0 Å². The fraction of sp³-hybridized carbons (Fsp3) is 0.467. The lowest BCUT2D eigenvalue weighted by Gasteiger charge is -2.29. The number of hydrogen-bond acceptors (Lipinski definition) is 1. The first-order chi connectivity index (χ1) is 8.36. The van der Waals surface area contributed by atoms with Gasteiger partial charge >= 0.3 is 0 Å². The zero-order valence-electron chi connectivity index (χ0n) is 10.0. The summed E-state index contributed by atoms with van der Waals surface area (Å²) in [5.41, 5.74) is 0. The monoisotopic (exact) mass is 229 g/mol. The van der Waals surface area contributed by atoms with Gasteiger partial charge in [0.2, 0.25) is 0 Å². The van der Waals surface area contributed by atoms with Gasteiger partial charge in [-0.05, 0) is 36.0 Å². The third-order valence-corrected chi connectivity index (χ3v) is 4.01. The van der Waals surface area contributed by atoms with Crippen molar-refractivity contribution >= 4 is 10.8 Å². The Bertz CT molecular complexity index is 469. The minimum atomic E-state index is 0.345. The van der Waals surface area contributed by atoms with E-state index in [-0.39, 0.29) is 0 Å². The molecule has 1 aromatic carbocycles. The molecule has 0 amide bonds. The molecule has 0 spiro atoms. The quantitative estimate of drug-likeness (QED) is 0.839. The number of nitrogens with zero attached hydrogens (tertiary/aromatic N) is 1. The smallest absolute Gasteiger partial charge is 0.0460 e. The molecule has 1 aliphatic carbocycles. The van der Waals surface area contributed by atoms with Crippen molar-refractivity contribution in [2.24, 2.45) is 5.92 Å². The van der Waals surface area contributed by atoms with Crippen LogP contribution in [-0.4, -0.2) is 16.3 Å². The summed E-state index contributed by atoms with van der Waals surface area (Å²) in [5, 5.41) is 11.9. The lowest BCUT2D eigenvalue weighted by atomic mass is 9.86. The van der Waals surface area contributed by atoms with Gasteiger partial charge in [0.1, 0.15) is 0 Å². The summed E-state index contributed by atoms with van der Waals surface area (Å²) in [6, 6.07) is 9.08. The molecule has 2 atom stereocenters. The first-order valence-corrected chi connectivity index (χ1v) is 6.54. The summed E-state index contributed by atoms with van der Waals surface area (Å²) in [4.78, 5) is 0. The van der Waals surface area contributed by atoms with Crippen LogP contribution in [0.2, 0.25) is 0 Å². The van der Waals surface area contributed by atoms with Gasteiger partial charge in [0.15, 0.2) is 0 Å². The maximum atomic E-state index is 9.29. The fourth-order valence-corrected chi connectivity index (χ4v) is 3.01. The molecule has 3 rings (SSSR count). The van der Waals surface area contributed by atoms with Crippen LogP contribution in [-0.2, 0) is 0 Å². The highest BCUT2D eigenvalue weighted by Crippen LogP contribution is 2.33. The number of fused-ring (bicyclic) bond motifs is 1. The minimum absolute atomic E-state index is 0.345. The standard InChI is InChI=1S/C15H19NO/c17-11-12-4-3-7-15(8-12)16-9-13-5-1-2-6-14(13)10-16/h1-2,5-6,9-10,12,15,17H,3-4,7-8,11H2/t12-,15-/m0/s1. The van der Waals surface area contributed by atoms with Gasteiger partial charge in [0, 0.05) is 25.0 Å². The Morgan fingerprint density at radius 3 is 2.47 bits per heavy atom. The maximum absolute atomic E-state index is 9.29. The molecule has 0 radical (unpaired) electrons. The van der Waals surface area contributed by atoms with Crippen LogP contribution >= 0.6 is 0 Å². The van der Waals surface area contributed by atoms with E-state index in [0.29, 0.717) is 18.6 Å².